The lowest BCUT2D eigenvalue weighted by atomic mass is 10.1. The van der Waals surface area contributed by atoms with E-state index in [0.29, 0.717) is 0 Å². The summed E-state index contributed by atoms with van der Waals surface area (Å²) in [5.74, 6) is -1.12. The Bertz CT molecular complexity index is 317. The average Bonchev–Trinajstić information content (AvgIpc) is 2.33. The lowest BCUT2D eigenvalue weighted by molar-refractivity contribution is -0.129. The molecule has 3 amide bonds. The van der Waals surface area contributed by atoms with E-state index in [0.717, 1.165) is 0 Å². The lowest BCUT2D eigenvalue weighted by Crippen LogP contribution is -2.50. The minimum absolute atomic E-state index is 0.00199. The van der Waals surface area contributed by atoms with Crippen LogP contribution in [0.5, 0.6) is 0 Å². The third kappa shape index (κ3) is 5.62. The van der Waals surface area contributed by atoms with Crippen LogP contribution < -0.4 is 21.7 Å². The van der Waals surface area contributed by atoms with Crippen LogP contribution in [0, 0.1) is 5.92 Å². The summed E-state index contributed by atoms with van der Waals surface area (Å²) in [6.45, 7) is 4.99. The first-order valence-electron chi connectivity index (χ1n) is 5.83. The molecule has 5 N–H and O–H groups in total. The van der Waals surface area contributed by atoms with Gasteiger partial charge in [-0.15, -0.1) is 0 Å². The number of carbonyl (C=O) groups is 3. The molecule has 0 spiro atoms. The minimum Gasteiger partial charge on any atom is -0.357 e. The van der Waals surface area contributed by atoms with Gasteiger partial charge in [0.2, 0.25) is 17.7 Å². The van der Waals surface area contributed by atoms with E-state index in [9.17, 15) is 14.4 Å². The van der Waals surface area contributed by atoms with Gasteiger partial charge in [-0.2, -0.15) is 0 Å². The SMILES string of the molecule is CNC(=O)C(C)NC(=O)CNC(=O)[C@@H](N)C(C)C. The molecule has 0 saturated carbocycles. The number of nitrogens with one attached hydrogen (secondary N) is 3. The van der Waals surface area contributed by atoms with Crippen LogP contribution in [0.3, 0.4) is 0 Å². The van der Waals surface area contributed by atoms with Gasteiger partial charge in [0.1, 0.15) is 6.04 Å². The maximum Gasteiger partial charge on any atom is 0.242 e. The van der Waals surface area contributed by atoms with Crippen molar-refractivity contribution in [3.63, 3.8) is 0 Å². The van der Waals surface area contributed by atoms with E-state index in [-0.39, 0.29) is 24.3 Å². The second kappa shape index (κ2) is 7.65. The van der Waals surface area contributed by atoms with E-state index in [2.05, 4.69) is 16.0 Å². The van der Waals surface area contributed by atoms with E-state index >= 15 is 0 Å². The Morgan fingerprint density at radius 1 is 1.11 bits per heavy atom. The van der Waals surface area contributed by atoms with Crippen molar-refractivity contribution < 1.29 is 14.4 Å². The standard InChI is InChI=1S/C11H22N4O3/c1-6(2)9(12)11(18)14-5-8(16)15-7(3)10(17)13-4/h6-7,9H,5,12H2,1-4H3,(H,13,17)(H,14,18)(H,15,16)/t7?,9-/m0/s1. The van der Waals surface area contributed by atoms with Crippen molar-refractivity contribution >= 4 is 17.7 Å². The Hall–Kier alpha value is -1.63. The minimum atomic E-state index is -0.644. The van der Waals surface area contributed by atoms with Gasteiger partial charge in [0.15, 0.2) is 0 Å². The highest BCUT2D eigenvalue weighted by Gasteiger charge is 2.19. The fourth-order valence-electron chi connectivity index (χ4n) is 1.16. The Morgan fingerprint density at radius 3 is 2.11 bits per heavy atom. The monoisotopic (exact) mass is 258 g/mol. The molecule has 0 aromatic rings. The number of hydrogen-bond donors (Lipinski definition) is 4. The molecule has 18 heavy (non-hydrogen) atoms. The van der Waals surface area contributed by atoms with Gasteiger partial charge in [-0.1, -0.05) is 13.8 Å². The quantitative estimate of drug-likeness (QED) is 0.456. The molecule has 0 aliphatic carbocycles. The fourth-order valence-corrected chi connectivity index (χ4v) is 1.16. The molecule has 0 aliphatic rings. The average molecular weight is 258 g/mol. The van der Waals surface area contributed by atoms with Crippen LogP contribution in [0.1, 0.15) is 20.8 Å². The van der Waals surface area contributed by atoms with Crippen LogP contribution in [0.25, 0.3) is 0 Å². The summed E-state index contributed by atoms with van der Waals surface area (Å²) in [5.41, 5.74) is 5.61. The van der Waals surface area contributed by atoms with Crippen molar-refractivity contribution in [2.24, 2.45) is 11.7 Å². The largest absolute Gasteiger partial charge is 0.357 e. The summed E-state index contributed by atoms with van der Waals surface area (Å²) < 4.78 is 0. The van der Waals surface area contributed by atoms with Gasteiger partial charge in [0, 0.05) is 7.05 Å². The predicted molar refractivity (Wildman–Crippen MR) is 67.5 cm³/mol. The second-order valence-corrected chi connectivity index (χ2v) is 4.39. The third-order valence-corrected chi connectivity index (χ3v) is 2.46. The zero-order chi connectivity index (χ0) is 14.3. The molecule has 7 heteroatoms. The van der Waals surface area contributed by atoms with Crippen LogP contribution in [0.2, 0.25) is 0 Å². The molecule has 104 valence electrons. The van der Waals surface area contributed by atoms with Crippen molar-refractivity contribution in [3.8, 4) is 0 Å². The van der Waals surface area contributed by atoms with E-state index in [1.165, 1.54) is 7.05 Å². The van der Waals surface area contributed by atoms with Crippen LogP contribution >= 0.6 is 0 Å². The fraction of sp³-hybridized carbons (Fsp3) is 0.727. The maximum atomic E-state index is 11.5. The molecule has 1 unspecified atom stereocenters. The van der Waals surface area contributed by atoms with Gasteiger partial charge in [0.05, 0.1) is 12.6 Å². The summed E-state index contributed by atoms with van der Waals surface area (Å²) in [5, 5.41) is 7.27. The highest BCUT2D eigenvalue weighted by Crippen LogP contribution is 1.97. The van der Waals surface area contributed by atoms with Gasteiger partial charge in [-0.3, -0.25) is 14.4 Å². The van der Waals surface area contributed by atoms with Gasteiger partial charge >= 0.3 is 0 Å². The van der Waals surface area contributed by atoms with Crippen molar-refractivity contribution in [2.45, 2.75) is 32.9 Å². The van der Waals surface area contributed by atoms with Crippen molar-refractivity contribution in [1.82, 2.24) is 16.0 Å². The number of amides is 3. The molecule has 2 atom stereocenters. The van der Waals surface area contributed by atoms with Crippen LogP contribution in [0.15, 0.2) is 0 Å². The zero-order valence-corrected chi connectivity index (χ0v) is 11.2. The van der Waals surface area contributed by atoms with Crippen molar-refractivity contribution in [3.05, 3.63) is 0 Å². The number of nitrogens with two attached hydrogens (primary N) is 1. The van der Waals surface area contributed by atoms with Gasteiger partial charge in [0.25, 0.3) is 0 Å². The van der Waals surface area contributed by atoms with Crippen LogP contribution in [-0.4, -0.2) is 43.4 Å². The van der Waals surface area contributed by atoms with E-state index < -0.39 is 18.0 Å². The molecule has 0 aromatic heterocycles. The first kappa shape index (κ1) is 16.4. The summed E-state index contributed by atoms with van der Waals surface area (Å²) >= 11 is 0. The number of rotatable bonds is 6. The van der Waals surface area contributed by atoms with Crippen molar-refractivity contribution in [2.75, 3.05) is 13.6 Å². The van der Waals surface area contributed by atoms with Crippen molar-refractivity contribution in [1.29, 1.82) is 0 Å². The first-order valence-corrected chi connectivity index (χ1v) is 5.83. The molecule has 0 saturated heterocycles. The molecule has 0 heterocycles. The lowest BCUT2D eigenvalue weighted by Gasteiger charge is -2.16. The molecule has 0 radical (unpaired) electrons. The first-order chi connectivity index (χ1) is 8.29. The topological polar surface area (TPSA) is 113 Å². The molecule has 0 aliphatic heterocycles. The molecule has 0 fully saturated rings. The van der Waals surface area contributed by atoms with E-state index in [4.69, 9.17) is 5.73 Å². The smallest absolute Gasteiger partial charge is 0.242 e. The van der Waals surface area contributed by atoms with Crippen LogP contribution in [0.4, 0.5) is 0 Å². The molecular weight excluding hydrogens is 236 g/mol. The number of hydrogen-bond acceptors (Lipinski definition) is 4. The number of likely N-dealkylation sites (N-methyl/N-ethyl adjacent to an activating group) is 1. The van der Waals surface area contributed by atoms with Gasteiger partial charge in [-0.05, 0) is 12.8 Å². The summed E-state index contributed by atoms with van der Waals surface area (Å²) in [7, 11) is 1.48. The van der Waals surface area contributed by atoms with Crippen LogP contribution in [-0.2, 0) is 14.4 Å². The van der Waals surface area contributed by atoms with Gasteiger partial charge < -0.3 is 21.7 Å². The van der Waals surface area contributed by atoms with Gasteiger partial charge in [-0.25, -0.2) is 0 Å². The third-order valence-electron chi connectivity index (χ3n) is 2.46. The van der Waals surface area contributed by atoms with E-state index in [1.54, 1.807) is 6.92 Å². The molecule has 0 bridgehead atoms. The highest BCUT2D eigenvalue weighted by molar-refractivity contribution is 5.90. The Labute approximate surface area is 107 Å². The number of carbonyl (C=O) groups excluding carboxylic acids is 3. The maximum absolute atomic E-state index is 11.5. The summed E-state index contributed by atoms with van der Waals surface area (Å²) in [6, 6.07) is -1.28. The Balaban J connectivity index is 4.05. The highest BCUT2D eigenvalue weighted by atomic mass is 16.2. The molecule has 7 nitrogen and oxygen atoms in total. The molecule has 0 rings (SSSR count). The van der Waals surface area contributed by atoms with E-state index in [1.807, 2.05) is 13.8 Å². The molecular formula is C11H22N4O3. The Kier molecular flexibility index (Phi) is 6.96. The Morgan fingerprint density at radius 2 is 1.67 bits per heavy atom. The molecule has 0 aromatic carbocycles. The zero-order valence-electron chi connectivity index (χ0n) is 11.2. The second-order valence-electron chi connectivity index (χ2n) is 4.39. The summed E-state index contributed by atoms with van der Waals surface area (Å²) in [4.78, 5) is 34.0. The predicted octanol–water partition coefficient (Wildman–Crippen LogP) is -1.66. The summed E-state index contributed by atoms with van der Waals surface area (Å²) in [6.07, 6.45) is 0. The normalized spacial score (nSPS) is 13.7.